The molecule has 1 atom stereocenters. The van der Waals surface area contributed by atoms with Crippen LogP contribution in [0.3, 0.4) is 0 Å². The van der Waals surface area contributed by atoms with Gasteiger partial charge >= 0.3 is 0 Å². The molecule has 0 radical (unpaired) electrons. The first-order valence-electron chi connectivity index (χ1n) is 10.2. The van der Waals surface area contributed by atoms with Gasteiger partial charge in [0.1, 0.15) is 19.0 Å². The third-order valence-corrected chi connectivity index (χ3v) is 5.88. The molecule has 0 bridgehead atoms. The topological polar surface area (TPSA) is 51.9 Å². The van der Waals surface area contributed by atoms with Crippen molar-refractivity contribution in [1.29, 1.82) is 0 Å². The number of para-hydroxylation sites is 1. The Kier molecular flexibility index (Phi) is 3.66. The van der Waals surface area contributed by atoms with Crippen LogP contribution in [-0.2, 0) is 0 Å². The standard InChI is InChI=1S/C23H22N4O2/c1-15-13-22-24-23(17-5-2-3-6-19(17)27(22)25-15)26-10-4-7-18(26)16-8-9-20-21(14-16)29-12-11-28-20/h2-3,5-6,8-9,13-14,18H,4,7,10-12H2,1H3. The number of rotatable bonds is 2. The smallest absolute Gasteiger partial charge is 0.161 e. The Bertz CT molecular complexity index is 1230. The van der Waals surface area contributed by atoms with Crippen molar-refractivity contribution < 1.29 is 9.47 Å². The van der Waals surface area contributed by atoms with Crippen LogP contribution in [0.4, 0.5) is 5.82 Å². The molecule has 2 aromatic carbocycles. The zero-order valence-corrected chi connectivity index (χ0v) is 16.3. The molecule has 2 aliphatic rings. The van der Waals surface area contributed by atoms with Crippen LogP contribution < -0.4 is 14.4 Å². The normalized spacial score (nSPS) is 18.7. The summed E-state index contributed by atoms with van der Waals surface area (Å²) in [6.07, 6.45) is 2.23. The molecule has 2 aromatic heterocycles. The van der Waals surface area contributed by atoms with Crippen LogP contribution in [0.15, 0.2) is 48.5 Å². The van der Waals surface area contributed by atoms with Gasteiger partial charge in [-0.1, -0.05) is 18.2 Å². The van der Waals surface area contributed by atoms with E-state index in [0.29, 0.717) is 13.2 Å². The van der Waals surface area contributed by atoms with Crippen molar-refractivity contribution in [2.45, 2.75) is 25.8 Å². The van der Waals surface area contributed by atoms with Gasteiger partial charge in [-0.2, -0.15) is 5.10 Å². The molecule has 1 saturated heterocycles. The Morgan fingerprint density at radius 2 is 1.86 bits per heavy atom. The lowest BCUT2D eigenvalue weighted by atomic mass is 10.0. The van der Waals surface area contributed by atoms with E-state index in [4.69, 9.17) is 14.5 Å². The molecule has 0 saturated carbocycles. The molecule has 0 N–H and O–H groups in total. The van der Waals surface area contributed by atoms with E-state index in [1.807, 2.05) is 23.6 Å². The van der Waals surface area contributed by atoms with Gasteiger partial charge in [0.2, 0.25) is 0 Å². The highest BCUT2D eigenvalue weighted by Gasteiger charge is 2.30. The third-order valence-electron chi connectivity index (χ3n) is 5.88. The Morgan fingerprint density at radius 3 is 2.79 bits per heavy atom. The fourth-order valence-corrected chi connectivity index (χ4v) is 4.61. The first-order chi connectivity index (χ1) is 14.3. The molecule has 6 heteroatoms. The van der Waals surface area contributed by atoms with Crippen LogP contribution >= 0.6 is 0 Å². The van der Waals surface area contributed by atoms with Gasteiger partial charge in [0.05, 0.1) is 17.3 Å². The Balaban J connectivity index is 1.49. The molecule has 4 aromatic rings. The number of hydrogen-bond donors (Lipinski definition) is 0. The van der Waals surface area contributed by atoms with Crippen molar-refractivity contribution in [2.75, 3.05) is 24.7 Å². The summed E-state index contributed by atoms with van der Waals surface area (Å²) < 4.78 is 13.5. The minimum Gasteiger partial charge on any atom is -0.486 e. The van der Waals surface area contributed by atoms with E-state index in [9.17, 15) is 0 Å². The molecule has 146 valence electrons. The summed E-state index contributed by atoms with van der Waals surface area (Å²) in [4.78, 5) is 7.48. The largest absolute Gasteiger partial charge is 0.486 e. The van der Waals surface area contributed by atoms with E-state index < -0.39 is 0 Å². The van der Waals surface area contributed by atoms with E-state index in [1.165, 1.54) is 5.56 Å². The Hall–Kier alpha value is -3.28. The van der Waals surface area contributed by atoms with Crippen molar-refractivity contribution in [2.24, 2.45) is 0 Å². The molecule has 4 heterocycles. The number of anilines is 1. The maximum atomic E-state index is 5.82. The third kappa shape index (κ3) is 2.63. The second-order valence-corrected chi connectivity index (χ2v) is 7.76. The van der Waals surface area contributed by atoms with E-state index in [2.05, 4.69) is 46.4 Å². The van der Waals surface area contributed by atoms with Gasteiger partial charge in [0.25, 0.3) is 0 Å². The van der Waals surface area contributed by atoms with Crippen LogP contribution in [0.1, 0.15) is 30.1 Å². The highest BCUT2D eigenvalue weighted by Crippen LogP contribution is 2.41. The zero-order chi connectivity index (χ0) is 19.4. The summed E-state index contributed by atoms with van der Waals surface area (Å²) in [5.41, 5.74) is 4.21. The predicted octanol–water partition coefficient (Wildman–Crippen LogP) is 4.30. The summed E-state index contributed by atoms with van der Waals surface area (Å²) in [7, 11) is 0. The SMILES string of the molecule is Cc1cc2nc(N3CCCC3c3ccc4c(c3)OCCO4)c3ccccc3n2n1. The monoisotopic (exact) mass is 386 g/mol. The predicted molar refractivity (Wildman–Crippen MR) is 112 cm³/mol. The summed E-state index contributed by atoms with van der Waals surface area (Å²) in [5, 5.41) is 5.77. The first-order valence-corrected chi connectivity index (χ1v) is 10.2. The Labute approximate surface area is 168 Å². The molecule has 1 unspecified atom stereocenters. The minimum atomic E-state index is 0.271. The van der Waals surface area contributed by atoms with Crippen molar-refractivity contribution in [3.8, 4) is 11.5 Å². The molecule has 0 amide bonds. The molecule has 1 fully saturated rings. The summed E-state index contributed by atoms with van der Waals surface area (Å²) in [6, 6.07) is 17.1. The lowest BCUT2D eigenvalue weighted by Crippen LogP contribution is -2.24. The summed E-state index contributed by atoms with van der Waals surface area (Å²) in [6.45, 7) is 4.22. The van der Waals surface area contributed by atoms with Crippen LogP contribution in [0.5, 0.6) is 11.5 Å². The fourth-order valence-electron chi connectivity index (χ4n) is 4.61. The highest BCUT2D eigenvalue weighted by atomic mass is 16.6. The molecule has 6 rings (SSSR count). The minimum absolute atomic E-state index is 0.271. The van der Waals surface area contributed by atoms with E-state index in [0.717, 1.165) is 58.9 Å². The molecule has 6 nitrogen and oxygen atoms in total. The second kappa shape index (κ2) is 6.37. The molecule has 29 heavy (non-hydrogen) atoms. The number of ether oxygens (including phenoxy) is 2. The number of hydrogen-bond acceptors (Lipinski definition) is 5. The second-order valence-electron chi connectivity index (χ2n) is 7.76. The van der Waals surface area contributed by atoms with Gasteiger partial charge in [-0.3, -0.25) is 0 Å². The van der Waals surface area contributed by atoms with Crippen molar-refractivity contribution in [1.82, 2.24) is 14.6 Å². The van der Waals surface area contributed by atoms with Crippen LogP contribution in [0, 0.1) is 6.92 Å². The maximum Gasteiger partial charge on any atom is 0.161 e. The maximum absolute atomic E-state index is 5.82. The van der Waals surface area contributed by atoms with Gasteiger partial charge in [-0.25, -0.2) is 9.50 Å². The van der Waals surface area contributed by atoms with E-state index >= 15 is 0 Å². The molecule has 0 aliphatic carbocycles. The highest BCUT2D eigenvalue weighted by molar-refractivity contribution is 5.92. The Morgan fingerprint density at radius 1 is 1.00 bits per heavy atom. The quantitative estimate of drug-likeness (QED) is 0.514. The lowest BCUT2D eigenvalue weighted by Gasteiger charge is -2.28. The van der Waals surface area contributed by atoms with Gasteiger partial charge in [0, 0.05) is 18.0 Å². The van der Waals surface area contributed by atoms with Crippen molar-refractivity contribution >= 4 is 22.4 Å². The van der Waals surface area contributed by atoms with Gasteiger partial charge in [-0.15, -0.1) is 0 Å². The number of aromatic nitrogens is 3. The molecule has 0 spiro atoms. The van der Waals surface area contributed by atoms with Gasteiger partial charge in [-0.05, 0) is 49.6 Å². The van der Waals surface area contributed by atoms with E-state index in [1.54, 1.807) is 0 Å². The number of aryl methyl sites for hydroxylation is 1. The van der Waals surface area contributed by atoms with Gasteiger partial charge < -0.3 is 14.4 Å². The average Bonchev–Trinajstić information content (AvgIpc) is 3.39. The number of fused-ring (bicyclic) bond motifs is 4. The summed E-state index contributed by atoms with van der Waals surface area (Å²) in [5.74, 6) is 2.72. The zero-order valence-electron chi connectivity index (χ0n) is 16.3. The van der Waals surface area contributed by atoms with Crippen LogP contribution in [0.2, 0.25) is 0 Å². The number of benzene rings is 2. The van der Waals surface area contributed by atoms with Crippen molar-refractivity contribution in [3.05, 3.63) is 59.8 Å². The summed E-state index contributed by atoms with van der Waals surface area (Å²) >= 11 is 0. The van der Waals surface area contributed by atoms with Gasteiger partial charge in [0.15, 0.2) is 17.1 Å². The fraction of sp³-hybridized carbons (Fsp3) is 0.304. The molecular weight excluding hydrogens is 364 g/mol. The average molecular weight is 386 g/mol. The first kappa shape index (κ1) is 16.7. The van der Waals surface area contributed by atoms with E-state index in [-0.39, 0.29) is 6.04 Å². The number of nitrogens with zero attached hydrogens (tertiary/aromatic N) is 4. The molecular formula is C23H22N4O2. The lowest BCUT2D eigenvalue weighted by molar-refractivity contribution is 0.171. The molecule has 2 aliphatic heterocycles. The van der Waals surface area contributed by atoms with Crippen LogP contribution in [0.25, 0.3) is 16.6 Å². The van der Waals surface area contributed by atoms with Crippen molar-refractivity contribution in [3.63, 3.8) is 0 Å². The van der Waals surface area contributed by atoms with Crippen LogP contribution in [-0.4, -0.2) is 34.4 Å².